The second-order valence-corrected chi connectivity index (χ2v) is 5.33. The Morgan fingerprint density at radius 2 is 1.81 bits per heavy atom. The molecule has 1 saturated carbocycles. The van der Waals surface area contributed by atoms with Crippen molar-refractivity contribution >= 4 is 0 Å². The molecule has 88 valence electrons. The van der Waals surface area contributed by atoms with Crippen molar-refractivity contribution < 1.29 is 4.39 Å². The molecular formula is C14H20FN. The summed E-state index contributed by atoms with van der Waals surface area (Å²) in [4.78, 5) is 0. The first-order valence-corrected chi connectivity index (χ1v) is 6.07. The third-order valence-corrected chi connectivity index (χ3v) is 4.04. The lowest BCUT2D eigenvalue weighted by atomic mass is 9.67. The van der Waals surface area contributed by atoms with Crippen molar-refractivity contribution in [2.75, 3.05) is 0 Å². The lowest BCUT2D eigenvalue weighted by Crippen LogP contribution is -2.47. The summed E-state index contributed by atoms with van der Waals surface area (Å²) in [5.41, 5.74) is 7.35. The third-order valence-electron chi connectivity index (χ3n) is 4.04. The van der Waals surface area contributed by atoms with Crippen LogP contribution in [0.3, 0.4) is 0 Å². The molecule has 0 aromatic heterocycles. The van der Waals surface area contributed by atoms with E-state index in [4.69, 9.17) is 5.73 Å². The Morgan fingerprint density at radius 3 is 2.44 bits per heavy atom. The summed E-state index contributed by atoms with van der Waals surface area (Å²) in [5, 5.41) is 0. The van der Waals surface area contributed by atoms with Crippen molar-refractivity contribution in [1.82, 2.24) is 0 Å². The Balaban J connectivity index is 2.32. The van der Waals surface area contributed by atoms with E-state index in [9.17, 15) is 4.39 Å². The van der Waals surface area contributed by atoms with E-state index < -0.39 is 0 Å². The molecule has 1 aliphatic carbocycles. The molecule has 3 unspecified atom stereocenters. The highest BCUT2D eigenvalue weighted by Crippen LogP contribution is 2.41. The molecular weight excluding hydrogens is 201 g/mol. The van der Waals surface area contributed by atoms with Gasteiger partial charge in [-0.2, -0.15) is 0 Å². The van der Waals surface area contributed by atoms with E-state index in [0.29, 0.717) is 11.8 Å². The zero-order valence-corrected chi connectivity index (χ0v) is 10.0. The summed E-state index contributed by atoms with van der Waals surface area (Å²) in [5.74, 6) is 0.935. The standard InChI is InChI=1S/C14H20FN/c1-10-3-4-11(2)14(16,9-10)12-5-7-13(15)8-6-12/h5-8,10-11H,3-4,9,16H2,1-2H3. The average Bonchev–Trinajstić information content (AvgIpc) is 2.25. The fraction of sp³-hybridized carbons (Fsp3) is 0.571. The molecule has 2 heteroatoms. The van der Waals surface area contributed by atoms with Crippen LogP contribution in [0.15, 0.2) is 24.3 Å². The Morgan fingerprint density at radius 1 is 1.19 bits per heavy atom. The number of halogens is 1. The summed E-state index contributed by atoms with van der Waals surface area (Å²) >= 11 is 0. The predicted molar refractivity (Wildman–Crippen MR) is 64.4 cm³/mol. The second-order valence-electron chi connectivity index (χ2n) is 5.33. The van der Waals surface area contributed by atoms with Crippen LogP contribution in [-0.4, -0.2) is 0 Å². The van der Waals surface area contributed by atoms with Crippen molar-refractivity contribution in [3.05, 3.63) is 35.6 Å². The first-order valence-electron chi connectivity index (χ1n) is 6.07. The largest absolute Gasteiger partial charge is 0.321 e. The van der Waals surface area contributed by atoms with Crippen LogP contribution in [0.2, 0.25) is 0 Å². The van der Waals surface area contributed by atoms with Gasteiger partial charge in [0.25, 0.3) is 0 Å². The lowest BCUT2D eigenvalue weighted by Gasteiger charge is -2.42. The first kappa shape index (κ1) is 11.6. The third kappa shape index (κ3) is 1.99. The van der Waals surface area contributed by atoms with Gasteiger partial charge in [-0.05, 0) is 42.4 Å². The van der Waals surface area contributed by atoms with Gasteiger partial charge in [0.05, 0.1) is 0 Å². The summed E-state index contributed by atoms with van der Waals surface area (Å²) in [6.07, 6.45) is 3.41. The van der Waals surface area contributed by atoms with Crippen LogP contribution in [-0.2, 0) is 5.54 Å². The van der Waals surface area contributed by atoms with Crippen LogP contribution in [0.4, 0.5) is 4.39 Å². The van der Waals surface area contributed by atoms with Crippen molar-refractivity contribution in [3.63, 3.8) is 0 Å². The highest BCUT2D eigenvalue weighted by Gasteiger charge is 2.38. The minimum absolute atomic E-state index is 0.191. The molecule has 1 aromatic rings. The molecule has 0 heterocycles. The number of rotatable bonds is 1. The zero-order chi connectivity index (χ0) is 11.8. The second kappa shape index (κ2) is 4.17. The van der Waals surface area contributed by atoms with Gasteiger partial charge in [-0.1, -0.05) is 32.4 Å². The van der Waals surface area contributed by atoms with Gasteiger partial charge in [-0.3, -0.25) is 0 Å². The Hall–Kier alpha value is -0.890. The van der Waals surface area contributed by atoms with Crippen LogP contribution >= 0.6 is 0 Å². The molecule has 16 heavy (non-hydrogen) atoms. The first-order chi connectivity index (χ1) is 7.52. The molecule has 1 aromatic carbocycles. The molecule has 0 radical (unpaired) electrons. The monoisotopic (exact) mass is 221 g/mol. The fourth-order valence-corrected chi connectivity index (χ4v) is 2.83. The molecule has 1 aliphatic rings. The highest BCUT2D eigenvalue weighted by molar-refractivity contribution is 5.26. The molecule has 0 saturated heterocycles. The molecule has 1 fully saturated rings. The highest BCUT2D eigenvalue weighted by atomic mass is 19.1. The van der Waals surface area contributed by atoms with Crippen LogP contribution in [0.1, 0.15) is 38.7 Å². The van der Waals surface area contributed by atoms with Crippen molar-refractivity contribution in [2.24, 2.45) is 17.6 Å². The van der Waals surface area contributed by atoms with Gasteiger partial charge in [-0.15, -0.1) is 0 Å². The van der Waals surface area contributed by atoms with Gasteiger partial charge in [0.15, 0.2) is 0 Å². The Kier molecular flexibility index (Phi) is 3.02. The van der Waals surface area contributed by atoms with Gasteiger partial charge >= 0.3 is 0 Å². The van der Waals surface area contributed by atoms with Gasteiger partial charge < -0.3 is 5.73 Å². The SMILES string of the molecule is CC1CCC(C)C(N)(c2ccc(F)cc2)C1. The minimum Gasteiger partial charge on any atom is -0.321 e. The topological polar surface area (TPSA) is 26.0 Å². The van der Waals surface area contributed by atoms with Crippen LogP contribution in [0, 0.1) is 17.7 Å². The predicted octanol–water partition coefficient (Wildman–Crippen LogP) is 3.44. The molecule has 0 bridgehead atoms. The number of hydrogen-bond acceptors (Lipinski definition) is 1. The van der Waals surface area contributed by atoms with Gasteiger partial charge in [0.2, 0.25) is 0 Å². The normalized spacial score (nSPS) is 35.0. The zero-order valence-electron chi connectivity index (χ0n) is 10.0. The van der Waals surface area contributed by atoms with E-state index in [0.717, 1.165) is 18.4 Å². The quantitative estimate of drug-likeness (QED) is 0.772. The van der Waals surface area contributed by atoms with Gasteiger partial charge in [0, 0.05) is 5.54 Å². The molecule has 2 N–H and O–H groups in total. The van der Waals surface area contributed by atoms with Crippen LogP contribution in [0.5, 0.6) is 0 Å². The van der Waals surface area contributed by atoms with Crippen LogP contribution in [0.25, 0.3) is 0 Å². The van der Waals surface area contributed by atoms with E-state index in [1.165, 1.54) is 18.6 Å². The Labute approximate surface area is 96.9 Å². The maximum absolute atomic E-state index is 12.9. The smallest absolute Gasteiger partial charge is 0.123 e. The van der Waals surface area contributed by atoms with Gasteiger partial charge in [0.1, 0.15) is 5.82 Å². The summed E-state index contributed by atoms with van der Waals surface area (Å²) in [6.45, 7) is 4.45. The number of nitrogens with two attached hydrogens (primary N) is 1. The van der Waals surface area contributed by atoms with E-state index in [1.54, 1.807) is 0 Å². The Bertz CT molecular complexity index is 360. The summed E-state index contributed by atoms with van der Waals surface area (Å²) in [7, 11) is 0. The molecule has 0 spiro atoms. The fourth-order valence-electron chi connectivity index (χ4n) is 2.83. The van der Waals surface area contributed by atoms with Crippen molar-refractivity contribution in [2.45, 2.75) is 38.6 Å². The summed E-state index contributed by atoms with van der Waals surface area (Å²) in [6, 6.07) is 6.69. The van der Waals surface area contributed by atoms with Gasteiger partial charge in [-0.25, -0.2) is 4.39 Å². The molecule has 0 amide bonds. The maximum Gasteiger partial charge on any atom is 0.123 e. The average molecular weight is 221 g/mol. The lowest BCUT2D eigenvalue weighted by molar-refractivity contribution is 0.162. The van der Waals surface area contributed by atoms with Crippen LogP contribution < -0.4 is 5.73 Å². The molecule has 0 aliphatic heterocycles. The molecule has 1 nitrogen and oxygen atoms in total. The van der Waals surface area contributed by atoms with E-state index in [-0.39, 0.29) is 11.4 Å². The van der Waals surface area contributed by atoms with Crippen molar-refractivity contribution in [1.29, 1.82) is 0 Å². The van der Waals surface area contributed by atoms with Crippen molar-refractivity contribution in [3.8, 4) is 0 Å². The van der Waals surface area contributed by atoms with E-state index in [2.05, 4.69) is 13.8 Å². The molecule has 3 atom stereocenters. The summed E-state index contributed by atoms with van der Waals surface area (Å²) < 4.78 is 12.9. The van der Waals surface area contributed by atoms with E-state index >= 15 is 0 Å². The maximum atomic E-state index is 12.9. The molecule has 2 rings (SSSR count). The minimum atomic E-state index is -0.272. The number of benzene rings is 1. The number of hydrogen-bond donors (Lipinski definition) is 1. The van der Waals surface area contributed by atoms with E-state index in [1.807, 2.05) is 12.1 Å².